The molecular weight excluding hydrogens is 278 g/mol. The molecule has 1 aliphatic heterocycles. The van der Waals surface area contributed by atoms with Crippen molar-refractivity contribution in [3.63, 3.8) is 0 Å². The lowest BCUT2D eigenvalue weighted by atomic mass is 9.66. The topological polar surface area (TPSA) is 82.5 Å². The van der Waals surface area contributed by atoms with Gasteiger partial charge in [0.25, 0.3) is 0 Å². The van der Waals surface area contributed by atoms with Crippen molar-refractivity contribution in [2.75, 3.05) is 20.8 Å². The molecule has 0 radical (unpaired) electrons. The van der Waals surface area contributed by atoms with Gasteiger partial charge in [-0.2, -0.15) is 0 Å². The quantitative estimate of drug-likeness (QED) is 0.771. The summed E-state index contributed by atoms with van der Waals surface area (Å²) in [4.78, 5) is 0. The van der Waals surface area contributed by atoms with Crippen LogP contribution < -0.4 is 21.5 Å². The normalized spacial score (nSPS) is 22.4. The average Bonchev–Trinajstić information content (AvgIpc) is 2.50. The van der Waals surface area contributed by atoms with Crippen LogP contribution in [0.1, 0.15) is 18.1 Å². The van der Waals surface area contributed by atoms with Gasteiger partial charge in [0.1, 0.15) is 11.6 Å². The second-order valence-electron chi connectivity index (χ2n) is 5.71. The van der Waals surface area contributed by atoms with Crippen LogP contribution >= 0.6 is 0 Å². The van der Waals surface area contributed by atoms with Gasteiger partial charge in [-0.1, -0.05) is 19.1 Å². The Morgan fingerprint density at radius 3 is 2.59 bits per heavy atom. The molecule has 0 spiro atoms. The van der Waals surface area contributed by atoms with E-state index in [0.29, 0.717) is 18.1 Å². The third kappa shape index (κ3) is 2.52. The smallest absolute Gasteiger partial charge is 0.121 e. The molecule has 5 nitrogen and oxygen atoms in total. The Morgan fingerprint density at radius 1 is 1.27 bits per heavy atom. The molecule has 0 amide bonds. The van der Waals surface area contributed by atoms with Crippen molar-refractivity contribution < 1.29 is 9.47 Å². The Bertz CT molecular complexity index is 610. The van der Waals surface area contributed by atoms with Crippen LogP contribution in [0.25, 0.3) is 0 Å². The minimum atomic E-state index is -0.498. The lowest BCUT2D eigenvalue weighted by Crippen LogP contribution is -2.45. The van der Waals surface area contributed by atoms with Gasteiger partial charge in [-0.25, -0.2) is 0 Å². The van der Waals surface area contributed by atoms with Crippen molar-refractivity contribution in [2.24, 2.45) is 17.4 Å². The Labute approximate surface area is 132 Å². The zero-order valence-corrected chi connectivity index (χ0v) is 13.6. The van der Waals surface area contributed by atoms with Crippen molar-refractivity contribution >= 4 is 0 Å². The van der Waals surface area contributed by atoms with Crippen molar-refractivity contribution in [3.05, 3.63) is 53.1 Å². The third-order valence-corrected chi connectivity index (χ3v) is 4.39. The highest BCUT2D eigenvalue weighted by Crippen LogP contribution is 2.43. The number of ether oxygens (including phenoxy) is 2. The molecular formula is C17H25N3O2. The Kier molecular flexibility index (Phi) is 4.66. The van der Waals surface area contributed by atoms with E-state index in [1.165, 1.54) is 0 Å². The van der Waals surface area contributed by atoms with Crippen molar-refractivity contribution in [2.45, 2.75) is 19.3 Å². The molecule has 0 saturated carbocycles. The molecule has 2 unspecified atom stereocenters. The molecule has 0 bridgehead atoms. The number of benzene rings is 1. The van der Waals surface area contributed by atoms with Crippen LogP contribution in [0.4, 0.5) is 0 Å². The molecule has 0 aliphatic carbocycles. The van der Waals surface area contributed by atoms with Crippen LogP contribution in [0.2, 0.25) is 0 Å². The minimum Gasteiger partial charge on any atom is -0.497 e. The lowest BCUT2D eigenvalue weighted by molar-refractivity contribution is 0.135. The highest BCUT2D eigenvalue weighted by atomic mass is 16.5. The van der Waals surface area contributed by atoms with E-state index in [4.69, 9.17) is 20.9 Å². The maximum atomic E-state index is 6.41. The number of hydrogen-bond donors (Lipinski definition) is 3. The summed E-state index contributed by atoms with van der Waals surface area (Å²) >= 11 is 0. The van der Waals surface area contributed by atoms with E-state index in [0.717, 1.165) is 16.9 Å². The molecule has 2 atom stereocenters. The number of nitrogens with two attached hydrogens (primary N) is 2. The molecule has 0 saturated heterocycles. The maximum Gasteiger partial charge on any atom is 0.121 e. The SMILES string of the molecule is COCC(C)C1(c2ccc(OC)cc2C)C=CNC(N)=C1N. The van der Waals surface area contributed by atoms with Gasteiger partial charge in [-0.05, 0) is 42.3 Å². The van der Waals surface area contributed by atoms with E-state index in [9.17, 15) is 0 Å². The molecule has 1 aromatic rings. The van der Waals surface area contributed by atoms with Gasteiger partial charge in [-0.3, -0.25) is 0 Å². The highest BCUT2D eigenvalue weighted by molar-refractivity contribution is 5.50. The Balaban J connectivity index is 2.64. The first-order valence-corrected chi connectivity index (χ1v) is 7.31. The molecule has 1 aromatic carbocycles. The van der Waals surface area contributed by atoms with Gasteiger partial charge in [0.2, 0.25) is 0 Å². The van der Waals surface area contributed by atoms with Crippen molar-refractivity contribution in [3.8, 4) is 5.75 Å². The van der Waals surface area contributed by atoms with Gasteiger partial charge in [0, 0.05) is 7.11 Å². The van der Waals surface area contributed by atoms with Gasteiger partial charge >= 0.3 is 0 Å². The third-order valence-electron chi connectivity index (χ3n) is 4.39. The van der Waals surface area contributed by atoms with Crippen LogP contribution in [0.5, 0.6) is 5.75 Å². The number of hydrogen-bond acceptors (Lipinski definition) is 5. The molecule has 2 rings (SSSR count). The molecule has 5 heteroatoms. The minimum absolute atomic E-state index is 0.126. The first-order valence-electron chi connectivity index (χ1n) is 7.31. The zero-order chi connectivity index (χ0) is 16.3. The first kappa shape index (κ1) is 16.2. The molecule has 5 N–H and O–H groups in total. The summed E-state index contributed by atoms with van der Waals surface area (Å²) in [7, 11) is 3.35. The average molecular weight is 303 g/mol. The lowest BCUT2D eigenvalue weighted by Gasteiger charge is -2.41. The number of dihydropyridines is 1. The largest absolute Gasteiger partial charge is 0.497 e. The molecule has 120 valence electrons. The second-order valence-corrected chi connectivity index (χ2v) is 5.71. The summed E-state index contributed by atoms with van der Waals surface area (Å²) in [6.07, 6.45) is 3.92. The summed E-state index contributed by atoms with van der Waals surface area (Å²) < 4.78 is 10.7. The number of rotatable bonds is 5. The fraction of sp³-hybridized carbons (Fsp3) is 0.412. The second kappa shape index (κ2) is 6.32. The van der Waals surface area contributed by atoms with Crippen molar-refractivity contribution in [1.29, 1.82) is 0 Å². The molecule has 1 heterocycles. The number of methoxy groups -OCH3 is 2. The molecule has 0 aromatic heterocycles. The predicted octanol–water partition coefficient (Wildman–Crippen LogP) is 1.73. The summed E-state index contributed by atoms with van der Waals surface area (Å²) in [5.41, 5.74) is 14.8. The molecule has 22 heavy (non-hydrogen) atoms. The van der Waals surface area contributed by atoms with E-state index >= 15 is 0 Å². The zero-order valence-electron chi connectivity index (χ0n) is 13.6. The fourth-order valence-corrected chi connectivity index (χ4v) is 3.19. The van der Waals surface area contributed by atoms with Crippen LogP contribution in [-0.4, -0.2) is 20.8 Å². The fourth-order valence-electron chi connectivity index (χ4n) is 3.19. The van der Waals surface area contributed by atoms with E-state index in [2.05, 4.69) is 31.3 Å². The van der Waals surface area contributed by atoms with Crippen LogP contribution in [-0.2, 0) is 10.2 Å². The van der Waals surface area contributed by atoms with E-state index < -0.39 is 5.41 Å². The van der Waals surface area contributed by atoms with Crippen molar-refractivity contribution in [1.82, 2.24) is 5.32 Å². The maximum absolute atomic E-state index is 6.41. The van der Waals surface area contributed by atoms with Gasteiger partial charge in [0.15, 0.2) is 0 Å². The first-order chi connectivity index (χ1) is 10.5. The summed E-state index contributed by atoms with van der Waals surface area (Å²) in [6, 6.07) is 6.01. The number of allylic oxidation sites excluding steroid dienone is 1. The van der Waals surface area contributed by atoms with Gasteiger partial charge in [-0.15, -0.1) is 0 Å². The van der Waals surface area contributed by atoms with Crippen LogP contribution in [0.15, 0.2) is 42.0 Å². The Hall–Kier alpha value is -2.14. The van der Waals surface area contributed by atoms with E-state index in [1.807, 2.05) is 18.3 Å². The number of aryl methyl sites for hydroxylation is 1. The predicted molar refractivity (Wildman–Crippen MR) is 88.1 cm³/mol. The van der Waals surface area contributed by atoms with Gasteiger partial charge in [0.05, 0.1) is 24.8 Å². The van der Waals surface area contributed by atoms with Gasteiger partial charge < -0.3 is 26.3 Å². The Morgan fingerprint density at radius 2 is 2.00 bits per heavy atom. The molecule has 0 fully saturated rings. The monoisotopic (exact) mass is 303 g/mol. The van der Waals surface area contributed by atoms with E-state index in [-0.39, 0.29) is 5.92 Å². The highest BCUT2D eigenvalue weighted by Gasteiger charge is 2.42. The summed E-state index contributed by atoms with van der Waals surface area (Å²) in [5.74, 6) is 1.44. The summed E-state index contributed by atoms with van der Waals surface area (Å²) in [5, 5.41) is 2.98. The van der Waals surface area contributed by atoms with E-state index in [1.54, 1.807) is 14.2 Å². The molecule has 1 aliphatic rings. The van der Waals surface area contributed by atoms with Crippen LogP contribution in [0, 0.1) is 12.8 Å². The van der Waals surface area contributed by atoms with Crippen LogP contribution in [0.3, 0.4) is 0 Å². The summed E-state index contributed by atoms with van der Waals surface area (Å²) in [6.45, 7) is 4.74. The number of nitrogens with one attached hydrogen (secondary N) is 1. The standard InChI is InChI=1S/C17H25N3O2/c1-11-9-13(22-4)5-6-14(11)17(12(2)10-21-3)7-8-20-16(19)15(17)18/h5-9,12,20H,10,18-19H2,1-4H3.